The molecule has 1 aliphatic rings. The molecular weight excluding hydrogens is 276 g/mol. The molecule has 0 amide bonds. The van der Waals surface area contributed by atoms with Crippen LogP contribution in [0.2, 0.25) is 0 Å². The first kappa shape index (κ1) is 16.1. The van der Waals surface area contributed by atoms with E-state index < -0.39 is 0 Å². The molecule has 0 unspecified atom stereocenters. The molecule has 0 nitrogen and oxygen atoms in total. The van der Waals surface area contributed by atoms with Crippen LogP contribution in [0.5, 0.6) is 0 Å². The van der Waals surface area contributed by atoms with Gasteiger partial charge in [-0.2, -0.15) is 0 Å². The Morgan fingerprint density at radius 1 is 0.696 bits per heavy atom. The third-order valence-corrected chi connectivity index (χ3v) is 4.94. The summed E-state index contributed by atoms with van der Waals surface area (Å²) in [5, 5.41) is 0. The van der Waals surface area contributed by atoms with Crippen molar-refractivity contribution < 1.29 is 0 Å². The van der Waals surface area contributed by atoms with Crippen molar-refractivity contribution in [2.24, 2.45) is 0 Å². The molecule has 0 saturated heterocycles. The normalized spacial score (nSPS) is 15.3. The van der Waals surface area contributed by atoms with E-state index >= 15 is 0 Å². The number of allylic oxidation sites excluding steroid dienone is 1. The lowest BCUT2D eigenvalue weighted by molar-refractivity contribution is 0.702. The molecule has 3 rings (SSSR count). The lowest BCUT2D eigenvalue weighted by Crippen LogP contribution is -1.89. The molecule has 0 radical (unpaired) electrons. The molecular formula is C23H28. The van der Waals surface area contributed by atoms with E-state index in [0.29, 0.717) is 0 Å². The van der Waals surface area contributed by atoms with E-state index in [0.717, 1.165) is 12.8 Å². The first-order valence-electron chi connectivity index (χ1n) is 9.19. The highest BCUT2D eigenvalue weighted by molar-refractivity contribution is 5.53. The van der Waals surface area contributed by atoms with Gasteiger partial charge in [-0.15, -0.1) is 0 Å². The molecule has 1 fully saturated rings. The van der Waals surface area contributed by atoms with Gasteiger partial charge in [-0.1, -0.05) is 79.9 Å². The van der Waals surface area contributed by atoms with Crippen molar-refractivity contribution in [2.75, 3.05) is 0 Å². The predicted octanol–water partition coefficient (Wildman–Crippen LogP) is 6.58. The maximum atomic E-state index is 2.42. The first-order valence-corrected chi connectivity index (χ1v) is 9.19. The van der Waals surface area contributed by atoms with Crippen LogP contribution in [-0.4, -0.2) is 0 Å². The van der Waals surface area contributed by atoms with E-state index in [4.69, 9.17) is 0 Å². The smallest absolute Gasteiger partial charge is 0.00258 e. The van der Waals surface area contributed by atoms with Crippen LogP contribution in [0, 0.1) is 0 Å². The van der Waals surface area contributed by atoms with Crippen LogP contribution >= 0.6 is 0 Å². The minimum Gasteiger partial charge on any atom is -0.0696 e. The topological polar surface area (TPSA) is 0 Å². The van der Waals surface area contributed by atoms with Crippen molar-refractivity contribution in [2.45, 2.75) is 58.3 Å². The van der Waals surface area contributed by atoms with E-state index in [1.807, 2.05) is 0 Å². The summed E-state index contributed by atoms with van der Waals surface area (Å²) >= 11 is 0. The summed E-state index contributed by atoms with van der Waals surface area (Å²) in [5.74, 6) is 0. The Kier molecular flexibility index (Phi) is 5.69. The third-order valence-electron chi connectivity index (χ3n) is 4.94. The SMILES string of the molecule is CCc1ccc(Cc2ccc(C=C3CCCCCC3)cc2)cc1. The summed E-state index contributed by atoms with van der Waals surface area (Å²) in [7, 11) is 0. The molecule has 0 atom stereocenters. The minimum absolute atomic E-state index is 1.03. The van der Waals surface area contributed by atoms with Crippen molar-refractivity contribution >= 4 is 6.08 Å². The van der Waals surface area contributed by atoms with E-state index in [9.17, 15) is 0 Å². The minimum atomic E-state index is 1.03. The maximum absolute atomic E-state index is 2.42. The molecule has 0 heterocycles. The predicted molar refractivity (Wildman–Crippen MR) is 101 cm³/mol. The van der Waals surface area contributed by atoms with Gasteiger partial charge in [-0.25, -0.2) is 0 Å². The zero-order chi connectivity index (χ0) is 15.9. The number of hydrogen-bond acceptors (Lipinski definition) is 0. The monoisotopic (exact) mass is 304 g/mol. The number of aryl methyl sites for hydroxylation is 1. The second-order valence-corrected chi connectivity index (χ2v) is 6.81. The Morgan fingerprint density at radius 2 is 1.22 bits per heavy atom. The molecule has 23 heavy (non-hydrogen) atoms. The average molecular weight is 304 g/mol. The quantitative estimate of drug-likeness (QED) is 0.560. The van der Waals surface area contributed by atoms with E-state index in [1.165, 1.54) is 60.8 Å². The second-order valence-electron chi connectivity index (χ2n) is 6.81. The largest absolute Gasteiger partial charge is 0.0696 e. The molecule has 0 bridgehead atoms. The molecule has 2 aromatic rings. The van der Waals surface area contributed by atoms with Crippen LogP contribution in [0.4, 0.5) is 0 Å². The Labute approximate surface area is 141 Å². The molecule has 0 spiro atoms. The summed E-state index contributed by atoms with van der Waals surface area (Å²) in [4.78, 5) is 0. The van der Waals surface area contributed by atoms with Gasteiger partial charge in [-0.05, 0) is 60.8 Å². The van der Waals surface area contributed by atoms with Crippen LogP contribution in [0.3, 0.4) is 0 Å². The lowest BCUT2D eigenvalue weighted by atomic mass is 10.00. The first-order chi connectivity index (χ1) is 11.3. The van der Waals surface area contributed by atoms with Gasteiger partial charge >= 0.3 is 0 Å². The average Bonchev–Trinajstić information content (AvgIpc) is 2.86. The number of benzene rings is 2. The summed E-state index contributed by atoms with van der Waals surface area (Å²) in [6, 6.07) is 18.2. The molecule has 1 saturated carbocycles. The maximum Gasteiger partial charge on any atom is -0.00258 e. The van der Waals surface area contributed by atoms with Crippen molar-refractivity contribution in [3.8, 4) is 0 Å². The standard InChI is InChI=1S/C23H28/c1-2-19-9-11-21(12-10-19)18-23-15-13-22(14-16-23)17-20-7-5-3-4-6-8-20/h9-17H,2-8,18H2,1H3. The zero-order valence-electron chi connectivity index (χ0n) is 14.4. The van der Waals surface area contributed by atoms with Crippen LogP contribution in [0.1, 0.15) is 67.7 Å². The van der Waals surface area contributed by atoms with E-state index in [-0.39, 0.29) is 0 Å². The van der Waals surface area contributed by atoms with Gasteiger partial charge < -0.3 is 0 Å². The van der Waals surface area contributed by atoms with Crippen molar-refractivity contribution in [3.05, 3.63) is 76.4 Å². The highest BCUT2D eigenvalue weighted by atomic mass is 14.1. The summed E-state index contributed by atoms with van der Waals surface area (Å²) < 4.78 is 0. The Hall–Kier alpha value is -1.82. The second kappa shape index (κ2) is 8.15. The van der Waals surface area contributed by atoms with Gasteiger partial charge in [-0.3, -0.25) is 0 Å². The van der Waals surface area contributed by atoms with Crippen LogP contribution in [0.15, 0.2) is 54.1 Å². The number of hydrogen-bond donors (Lipinski definition) is 0. The van der Waals surface area contributed by atoms with E-state index in [1.54, 1.807) is 5.57 Å². The Balaban J connectivity index is 1.65. The van der Waals surface area contributed by atoms with Crippen molar-refractivity contribution in [1.29, 1.82) is 0 Å². The fraction of sp³-hybridized carbons (Fsp3) is 0.391. The van der Waals surface area contributed by atoms with Crippen LogP contribution < -0.4 is 0 Å². The summed E-state index contributed by atoms with van der Waals surface area (Å²) in [5.41, 5.74) is 7.23. The van der Waals surface area contributed by atoms with Gasteiger partial charge in [0, 0.05) is 0 Å². The summed E-state index contributed by atoms with van der Waals surface area (Å²) in [6.45, 7) is 2.20. The molecule has 2 aromatic carbocycles. The highest BCUT2D eigenvalue weighted by Gasteiger charge is 2.04. The third kappa shape index (κ3) is 4.82. The van der Waals surface area contributed by atoms with Gasteiger partial charge in [0.25, 0.3) is 0 Å². The van der Waals surface area contributed by atoms with Gasteiger partial charge in [0.1, 0.15) is 0 Å². The molecule has 1 aliphatic carbocycles. The fourth-order valence-corrected chi connectivity index (χ4v) is 3.42. The van der Waals surface area contributed by atoms with Gasteiger partial charge in [0.15, 0.2) is 0 Å². The summed E-state index contributed by atoms with van der Waals surface area (Å²) in [6.07, 6.45) is 12.7. The molecule has 0 heteroatoms. The number of rotatable bonds is 4. The van der Waals surface area contributed by atoms with Gasteiger partial charge in [0.2, 0.25) is 0 Å². The van der Waals surface area contributed by atoms with Gasteiger partial charge in [0.05, 0.1) is 0 Å². The fourth-order valence-electron chi connectivity index (χ4n) is 3.42. The zero-order valence-corrected chi connectivity index (χ0v) is 14.4. The van der Waals surface area contributed by atoms with Crippen LogP contribution in [0.25, 0.3) is 6.08 Å². The Morgan fingerprint density at radius 3 is 1.78 bits per heavy atom. The van der Waals surface area contributed by atoms with Crippen LogP contribution in [-0.2, 0) is 12.8 Å². The lowest BCUT2D eigenvalue weighted by Gasteiger charge is -2.06. The van der Waals surface area contributed by atoms with E-state index in [2.05, 4.69) is 61.5 Å². The molecule has 120 valence electrons. The van der Waals surface area contributed by atoms with Crippen molar-refractivity contribution in [3.63, 3.8) is 0 Å². The molecule has 0 N–H and O–H groups in total. The highest BCUT2D eigenvalue weighted by Crippen LogP contribution is 2.24. The molecule has 0 aromatic heterocycles. The molecule has 0 aliphatic heterocycles. The Bertz CT molecular complexity index is 619. The van der Waals surface area contributed by atoms with Crippen molar-refractivity contribution in [1.82, 2.24) is 0 Å².